The van der Waals surface area contributed by atoms with E-state index in [4.69, 9.17) is 16.7 Å². The number of rotatable bonds is 1. The van der Waals surface area contributed by atoms with E-state index >= 15 is 0 Å². The van der Waals surface area contributed by atoms with Crippen LogP contribution in [-0.4, -0.2) is 16.1 Å². The monoisotopic (exact) mass is 221 g/mol. The highest BCUT2D eigenvalue weighted by Gasteiger charge is 2.08. The van der Waals surface area contributed by atoms with E-state index in [1.54, 1.807) is 12.1 Å². The third-order valence-electron chi connectivity index (χ3n) is 2.25. The van der Waals surface area contributed by atoms with Crippen molar-refractivity contribution < 1.29 is 9.90 Å². The molecule has 0 atom stereocenters. The number of pyridine rings is 1. The van der Waals surface area contributed by atoms with E-state index in [1.165, 1.54) is 6.07 Å². The Morgan fingerprint density at radius 1 is 1.33 bits per heavy atom. The SMILES string of the molecule is Cc1ccc(Cl)c2nc(C(=O)O)ccc12. The molecule has 3 nitrogen and oxygen atoms in total. The highest BCUT2D eigenvalue weighted by molar-refractivity contribution is 6.35. The minimum absolute atomic E-state index is 0.00926. The zero-order valence-corrected chi connectivity index (χ0v) is 8.75. The van der Waals surface area contributed by atoms with Gasteiger partial charge in [-0.2, -0.15) is 0 Å². The molecule has 4 heteroatoms. The molecule has 76 valence electrons. The van der Waals surface area contributed by atoms with E-state index in [2.05, 4.69) is 4.98 Å². The fourth-order valence-corrected chi connectivity index (χ4v) is 1.65. The van der Waals surface area contributed by atoms with Crippen LogP contribution in [0.4, 0.5) is 0 Å². The Labute approximate surface area is 91.3 Å². The van der Waals surface area contributed by atoms with Crippen LogP contribution in [-0.2, 0) is 0 Å². The molecule has 0 aliphatic carbocycles. The van der Waals surface area contributed by atoms with Crippen LogP contribution in [0.1, 0.15) is 16.1 Å². The molecule has 1 N–H and O–H groups in total. The third kappa shape index (κ3) is 1.66. The molecule has 1 aromatic heterocycles. The van der Waals surface area contributed by atoms with Crippen LogP contribution in [0.5, 0.6) is 0 Å². The van der Waals surface area contributed by atoms with Crippen LogP contribution in [0.15, 0.2) is 24.3 Å². The second-order valence-corrected chi connectivity index (χ2v) is 3.67. The number of carboxylic acids is 1. The van der Waals surface area contributed by atoms with Gasteiger partial charge < -0.3 is 5.11 Å². The Morgan fingerprint density at radius 2 is 2.07 bits per heavy atom. The summed E-state index contributed by atoms with van der Waals surface area (Å²) < 4.78 is 0. The number of halogens is 1. The van der Waals surface area contributed by atoms with Crippen molar-refractivity contribution in [3.8, 4) is 0 Å². The van der Waals surface area contributed by atoms with E-state index in [0.717, 1.165) is 10.9 Å². The van der Waals surface area contributed by atoms with Crippen LogP contribution in [0.3, 0.4) is 0 Å². The van der Waals surface area contributed by atoms with Crippen molar-refractivity contribution in [1.29, 1.82) is 0 Å². The van der Waals surface area contributed by atoms with Gasteiger partial charge in [-0.3, -0.25) is 0 Å². The third-order valence-corrected chi connectivity index (χ3v) is 2.55. The van der Waals surface area contributed by atoms with Gasteiger partial charge in [0, 0.05) is 5.39 Å². The number of carboxylic acid groups (broad SMARTS) is 1. The van der Waals surface area contributed by atoms with Gasteiger partial charge in [-0.25, -0.2) is 9.78 Å². The Morgan fingerprint density at radius 3 is 2.73 bits per heavy atom. The topological polar surface area (TPSA) is 50.2 Å². The van der Waals surface area contributed by atoms with Crippen LogP contribution in [0.2, 0.25) is 5.02 Å². The zero-order valence-electron chi connectivity index (χ0n) is 7.99. The Balaban J connectivity index is 2.81. The van der Waals surface area contributed by atoms with Gasteiger partial charge in [-0.1, -0.05) is 23.7 Å². The van der Waals surface area contributed by atoms with Crippen molar-refractivity contribution in [2.45, 2.75) is 6.92 Å². The predicted molar refractivity (Wildman–Crippen MR) is 58.4 cm³/mol. The van der Waals surface area contributed by atoms with Gasteiger partial charge >= 0.3 is 5.97 Å². The fraction of sp³-hybridized carbons (Fsp3) is 0.0909. The molecule has 1 aromatic carbocycles. The number of aromatic nitrogens is 1. The summed E-state index contributed by atoms with van der Waals surface area (Å²) in [4.78, 5) is 14.7. The highest BCUT2D eigenvalue weighted by atomic mass is 35.5. The lowest BCUT2D eigenvalue weighted by molar-refractivity contribution is 0.0691. The summed E-state index contributed by atoms with van der Waals surface area (Å²) in [5, 5.41) is 10.2. The molecule has 0 aliphatic heterocycles. The summed E-state index contributed by atoms with van der Waals surface area (Å²) in [7, 11) is 0. The van der Waals surface area contributed by atoms with Crippen LogP contribution < -0.4 is 0 Å². The second kappa shape index (κ2) is 3.51. The van der Waals surface area contributed by atoms with Crippen molar-refractivity contribution in [1.82, 2.24) is 4.98 Å². The van der Waals surface area contributed by atoms with Crippen molar-refractivity contribution in [3.05, 3.63) is 40.5 Å². The molecule has 2 aromatic rings. The minimum atomic E-state index is -1.05. The fourth-order valence-electron chi connectivity index (χ4n) is 1.45. The Kier molecular flexibility index (Phi) is 2.32. The number of carbonyl (C=O) groups is 1. The first kappa shape index (κ1) is 9.93. The summed E-state index contributed by atoms with van der Waals surface area (Å²) >= 11 is 5.95. The maximum atomic E-state index is 10.7. The quantitative estimate of drug-likeness (QED) is 0.806. The first-order valence-corrected chi connectivity index (χ1v) is 4.76. The largest absolute Gasteiger partial charge is 0.477 e. The van der Waals surface area contributed by atoms with Gasteiger partial charge in [0.1, 0.15) is 5.69 Å². The summed E-state index contributed by atoms with van der Waals surface area (Å²) in [5.74, 6) is -1.05. The smallest absolute Gasteiger partial charge is 0.354 e. The van der Waals surface area contributed by atoms with E-state index in [1.807, 2.05) is 13.0 Å². The van der Waals surface area contributed by atoms with Crippen LogP contribution in [0, 0.1) is 6.92 Å². The first-order valence-electron chi connectivity index (χ1n) is 4.39. The highest BCUT2D eigenvalue weighted by Crippen LogP contribution is 2.24. The maximum Gasteiger partial charge on any atom is 0.354 e. The molecular formula is C11H8ClNO2. The van der Waals surface area contributed by atoms with Crippen LogP contribution in [0.25, 0.3) is 10.9 Å². The van der Waals surface area contributed by atoms with E-state index in [9.17, 15) is 4.79 Å². The van der Waals surface area contributed by atoms with Gasteiger partial charge in [0.05, 0.1) is 10.5 Å². The molecule has 0 amide bonds. The van der Waals surface area contributed by atoms with Gasteiger partial charge in [0.2, 0.25) is 0 Å². The zero-order chi connectivity index (χ0) is 11.0. The van der Waals surface area contributed by atoms with Crippen molar-refractivity contribution in [2.75, 3.05) is 0 Å². The summed E-state index contributed by atoms with van der Waals surface area (Å²) in [6.45, 7) is 1.93. The molecule has 0 spiro atoms. The predicted octanol–water partition coefficient (Wildman–Crippen LogP) is 2.89. The number of hydrogen-bond acceptors (Lipinski definition) is 2. The van der Waals surface area contributed by atoms with Crippen molar-refractivity contribution in [2.24, 2.45) is 0 Å². The van der Waals surface area contributed by atoms with E-state index in [-0.39, 0.29) is 5.69 Å². The molecule has 0 bridgehead atoms. The molecule has 1 heterocycles. The summed E-state index contributed by atoms with van der Waals surface area (Å²) in [6.07, 6.45) is 0. The van der Waals surface area contributed by atoms with Gasteiger partial charge in [0.15, 0.2) is 0 Å². The number of hydrogen-bond donors (Lipinski definition) is 1. The molecule has 0 saturated heterocycles. The minimum Gasteiger partial charge on any atom is -0.477 e. The van der Waals surface area contributed by atoms with Gasteiger partial charge in [-0.15, -0.1) is 0 Å². The molecule has 0 aliphatic rings. The number of aromatic carboxylic acids is 1. The summed E-state index contributed by atoms with van der Waals surface area (Å²) in [5.41, 5.74) is 1.57. The van der Waals surface area contributed by atoms with Crippen LogP contribution >= 0.6 is 11.6 Å². The lowest BCUT2D eigenvalue weighted by Crippen LogP contribution is -2.00. The molecule has 0 fully saturated rings. The Bertz CT molecular complexity index is 552. The average molecular weight is 222 g/mol. The number of nitrogens with zero attached hydrogens (tertiary/aromatic N) is 1. The number of benzene rings is 1. The lowest BCUT2D eigenvalue weighted by atomic mass is 10.1. The maximum absolute atomic E-state index is 10.7. The lowest BCUT2D eigenvalue weighted by Gasteiger charge is -2.04. The van der Waals surface area contributed by atoms with Crippen molar-refractivity contribution >= 4 is 28.5 Å². The second-order valence-electron chi connectivity index (χ2n) is 3.26. The average Bonchev–Trinajstić information content (AvgIpc) is 2.23. The molecule has 0 saturated carbocycles. The molecular weight excluding hydrogens is 214 g/mol. The molecule has 2 rings (SSSR count). The molecule has 0 radical (unpaired) electrons. The summed E-state index contributed by atoms with van der Waals surface area (Å²) in [6, 6.07) is 6.81. The normalized spacial score (nSPS) is 10.5. The molecule has 0 unspecified atom stereocenters. The van der Waals surface area contributed by atoms with E-state index < -0.39 is 5.97 Å². The standard InChI is InChI=1S/C11H8ClNO2/c1-6-2-4-8(12)10-7(6)3-5-9(13-10)11(14)15/h2-5H,1H3,(H,14,15). The van der Waals surface area contributed by atoms with Gasteiger partial charge in [0.25, 0.3) is 0 Å². The van der Waals surface area contributed by atoms with Crippen molar-refractivity contribution in [3.63, 3.8) is 0 Å². The number of aryl methyl sites for hydroxylation is 1. The first-order chi connectivity index (χ1) is 7.09. The molecule has 15 heavy (non-hydrogen) atoms. The number of fused-ring (bicyclic) bond motifs is 1. The van der Waals surface area contributed by atoms with Gasteiger partial charge in [-0.05, 0) is 24.6 Å². The Hall–Kier alpha value is -1.61. The van der Waals surface area contributed by atoms with E-state index in [0.29, 0.717) is 10.5 Å².